The van der Waals surface area contributed by atoms with Crippen molar-refractivity contribution >= 4 is 11.8 Å². The van der Waals surface area contributed by atoms with Crippen LogP contribution in [0.15, 0.2) is 49.1 Å². The van der Waals surface area contributed by atoms with Crippen LogP contribution >= 0.6 is 0 Å². The van der Waals surface area contributed by atoms with E-state index in [4.69, 9.17) is 0 Å². The van der Waals surface area contributed by atoms with Gasteiger partial charge in [-0.1, -0.05) is 25.5 Å². The molecule has 2 heterocycles. The van der Waals surface area contributed by atoms with Crippen LogP contribution in [-0.4, -0.2) is 25.4 Å². The third kappa shape index (κ3) is 4.26. The average molecular weight is 338 g/mol. The summed E-state index contributed by atoms with van der Waals surface area (Å²) in [6.45, 7) is 2.56. The number of hydrogen-bond donors (Lipinski definition) is 2. The van der Waals surface area contributed by atoms with Gasteiger partial charge in [-0.2, -0.15) is 5.10 Å². The molecule has 0 aliphatic heterocycles. The van der Waals surface area contributed by atoms with Gasteiger partial charge in [0.1, 0.15) is 5.82 Å². The van der Waals surface area contributed by atoms with Crippen molar-refractivity contribution in [2.24, 2.45) is 7.05 Å². The van der Waals surface area contributed by atoms with Gasteiger partial charge in [0, 0.05) is 37.7 Å². The van der Waals surface area contributed by atoms with Crippen molar-refractivity contribution in [3.05, 3.63) is 60.3 Å². The van der Waals surface area contributed by atoms with E-state index in [9.17, 15) is 4.79 Å². The topological polar surface area (TPSA) is 76.8 Å². The van der Waals surface area contributed by atoms with Crippen LogP contribution in [0.1, 0.15) is 24.6 Å². The van der Waals surface area contributed by atoms with Gasteiger partial charge in [-0.25, -0.2) is 9.78 Å². The van der Waals surface area contributed by atoms with Crippen LogP contribution in [0.3, 0.4) is 0 Å². The van der Waals surface area contributed by atoms with Crippen molar-refractivity contribution in [1.29, 1.82) is 0 Å². The number of aromatic nitrogens is 4. The Morgan fingerprint density at radius 3 is 2.72 bits per heavy atom. The van der Waals surface area contributed by atoms with E-state index in [0.717, 1.165) is 29.8 Å². The van der Waals surface area contributed by atoms with Crippen molar-refractivity contribution < 1.29 is 4.79 Å². The van der Waals surface area contributed by atoms with Crippen LogP contribution in [0.4, 0.5) is 10.6 Å². The maximum absolute atomic E-state index is 12.1. The first-order chi connectivity index (χ1) is 12.2. The highest BCUT2D eigenvalue weighted by Gasteiger charge is 2.08. The zero-order chi connectivity index (χ0) is 17.6. The van der Waals surface area contributed by atoms with Crippen LogP contribution in [-0.2, 0) is 20.0 Å². The number of rotatable bonds is 6. The van der Waals surface area contributed by atoms with Gasteiger partial charge >= 0.3 is 6.03 Å². The molecular weight excluding hydrogens is 316 g/mol. The summed E-state index contributed by atoms with van der Waals surface area (Å²) in [5.74, 6) is 0.691. The molecule has 0 bridgehead atoms. The number of carbonyl (C=O) groups is 1. The van der Waals surface area contributed by atoms with Gasteiger partial charge < -0.3 is 9.88 Å². The SMILES string of the molecule is CCCc1cc(NC(=O)NCc2ccc(-n3ccnc3)cc2)n(C)n1. The number of nitrogens with zero attached hydrogens (tertiary/aromatic N) is 4. The minimum Gasteiger partial charge on any atom is -0.334 e. The molecule has 3 aromatic rings. The highest BCUT2D eigenvalue weighted by Crippen LogP contribution is 2.11. The van der Waals surface area contributed by atoms with Crippen molar-refractivity contribution in [2.75, 3.05) is 5.32 Å². The monoisotopic (exact) mass is 338 g/mol. The van der Waals surface area contributed by atoms with Crippen LogP contribution in [0.5, 0.6) is 0 Å². The molecule has 3 rings (SSSR count). The Morgan fingerprint density at radius 1 is 1.24 bits per heavy atom. The number of hydrogen-bond acceptors (Lipinski definition) is 3. The van der Waals surface area contributed by atoms with Crippen molar-refractivity contribution in [1.82, 2.24) is 24.6 Å². The number of benzene rings is 1. The molecule has 7 nitrogen and oxygen atoms in total. The normalized spacial score (nSPS) is 10.6. The number of amides is 2. The first-order valence-electron chi connectivity index (χ1n) is 8.30. The second kappa shape index (κ2) is 7.65. The van der Waals surface area contributed by atoms with Gasteiger partial charge in [0.15, 0.2) is 0 Å². The van der Waals surface area contributed by atoms with Crippen molar-refractivity contribution in [2.45, 2.75) is 26.3 Å². The lowest BCUT2D eigenvalue weighted by atomic mass is 10.2. The maximum atomic E-state index is 12.1. The summed E-state index contributed by atoms with van der Waals surface area (Å²) in [6, 6.07) is 9.62. The van der Waals surface area contributed by atoms with E-state index < -0.39 is 0 Å². The molecule has 0 saturated carbocycles. The summed E-state index contributed by atoms with van der Waals surface area (Å²) < 4.78 is 3.62. The van der Waals surface area contributed by atoms with E-state index in [1.54, 1.807) is 17.2 Å². The fraction of sp³-hybridized carbons (Fsp3) is 0.278. The predicted octanol–water partition coefficient (Wildman–Crippen LogP) is 2.88. The van der Waals surface area contributed by atoms with Gasteiger partial charge in [-0.15, -0.1) is 0 Å². The standard InChI is InChI=1S/C18H22N6O/c1-3-4-15-11-17(23(2)22-15)21-18(25)20-12-14-5-7-16(8-6-14)24-10-9-19-13-24/h5-11,13H,3-4,12H2,1-2H3,(H2,20,21,25). The highest BCUT2D eigenvalue weighted by atomic mass is 16.2. The Bertz CT molecular complexity index is 820. The average Bonchev–Trinajstić information content (AvgIpc) is 3.25. The summed E-state index contributed by atoms with van der Waals surface area (Å²) >= 11 is 0. The summed E-state index contributed by atoms with van der Waals surface area (Å²) in [5.41, 5.74) is 3.04. The molecule has 0 aliphatic carbocycles. The lowest BCUT2D eigenvalue weighted by Crippen LogP contribution is -2.29. The van der Waals surface area contributed by atoms with Crippen molar-refractivity contribution in [3.8, 4) is 5.69 Å². The van der Waals surface area contributed by atoms with E-state index in [-0.39, 0.29) is 6.03 Å². The number of imidazole rings is 1. The third-order valence-electron chi connectivity index (χ3n) is 3.87. The van der Waals surface area contributed by atoms with Crippen LogP contribution < -0.4 is 10.6 Å². The van der Waals surface area contributed by atoms with E-state index in [0.29, 0.717) is 12.4 Å². The van der Waals surface area contributed by atoms with E-state index in [1.807, 2.05) is 48.1 Å². The number of anilines is 1. The molecule has 0 saturated heterocycles. The fourth-order valence-corrected chi connectivity index (χ4v) is 2.56. The summed E-state index contributed by atoms with van der Waals surface area (Å²) in [4.78, 5) is 16.1. The molecule has 2 N–H and O–H groups in total. The molecule has 1 aromatic carbocycles. The van der Waals surface area contributed by atoms with Crippen LogP contribution in [0.25, 0.3) is 5.69 Å². The lowest BCUT2D eigenvalue weighted by molar-refractivity contribution is 0.251. The summed E-state index contributed by atoms with van der Waals surface area (Å²) in [5, 5.41) is 10.1. The summed E-state index contributed by atoms with van der Waals surface area (Å²) in [6.07, 6.45) is 7.31. The van der Waals surface area contributed by atoms with Gasteiger partial charge in [-0.05, 0) is 24.1 Å². The molecule has 0 fully saturated rings. The van der Waals surface area contributed by atoms with E-state index >= 15 is 0 Å². The minimum absolute atomic E-state index is 0.246. The first-order valence-corrected chi connectivity index (χ1v) is 8.30. The Labute approximate surface area is 146 Å². The molecule has 0 aliphatic rings. The molecule has 0 spiro atoms. The van der Waals surface area contributed by atoms with Crippen LogP contribution in [0.2, 0.25) is 0 Å². The Morgan fingerprint density at radius 2 is 2.04 bits per heavy atom. The second-order valence-electron chi connectivity index (χ2n) is 5.84. The van der Waals surface area contributed by atoms with Crippen LogP contribution in [0, 0.1) is 0 Å². The first kappa shape index (κ1) is 16.8. The number of nitrogens with one attached hydrogen (secondary N) is 2. The zero-order valence-corrected chi connectivity index (χ0v) is 14.4. The highest BCUT2D eigenvalue weighted by molar-refractivity contribution is 5.88. The fourth-order valence-electron chi connectivity index (χ4n) is 2.56. The molecule has 0 atom stereocenters. The van der Waals surface area contributed by atoms with Gasteiger partial charge in [0.2, 0.25) is 0 Å². The lowest BCUT2D eigenvalue weighted by Gasteiger charge is -2.08. The second-order valence-corrected chi connectivity index (χ2v) is 5.84. The molecule has 130 valence electrons. The molecule has 25 heavy (non-hydrogen) atoms. The number of urea groups is 1. The maximum Gasteiger partial charge on any atom is 0.320 e. The van der Waals surface area contributed by atoms with E-state index in [1.165, 1.54) is 0 Å². The molecule has 0 radical (unpaired) electrons. The zero-order valence-electron chi connectivity index (χ0n) is 14.4. The molecule has 0 unspecified atom stereocenters. The number of aryl methyl sites for hydroxylation is 2. The quantitative estimate of drug-likeness (QED) is 0.725. The Balaban J connectivity index is 1.53. The molecular formula is C18H22N6O. The van der Waals surface area contributed by atoms with Gasteiger partial charge in [0.05, 0.1) is 12.0 Å². The number of carbonyl (C=O) groups excluding carboxylic acids is 1. The Hall–Kier alpha value is -3.09. The van der Waals surface area contributed by atoms with E-state index in [2.05, 4.69) is 27.6 Å². The molecule has 2 aromatic heterocycles. The third-order valence-corrected chi connectivity index (χ3v) is 3.87. The molecule has 7 heteroatoms. The Kier molecular flexibility index (Phi) is 5.13. The predicted molar refractivity (Wildman–Crippen MR) is 96.6 cm³/mol. The van der Waals surface area contributed by atoms with Gasteiger partial charge in [-0.3, -0.25) is 10.00 Å². The van der Waals surface area contributed by atoms with Gasteiger partial charge in [0.25, 0.3) is 0 Å². The smallest absolute Gasteiger partial charge is 0.320 e. The molecule has 2 amide bonds. The van der Waals surface area contributed by atoms with Crippen molar-refractivity contribution in [3.63, 3.8) is 0 Å². The minimum atomic E-state index is -0.246. The summed E-state index contributed by atoms with van der Waals surface area (Å²) in [7, 11) is 1.82. The largest absolute Gasteiger partial charge is 0.334 e.